The van der Waals surface area contributed by atoms with E-state index < -0.39 is 11.0 Å². The summed E-state index contributed by atoms with van der Waals surface area (Å²) in [5, 5.41) is 14.7. The van der Waals surface area contributed by atoms with E-state index in [-0.39, 0.29) is 17.8 Å². The third-order valence-electron chi connectivity index (χ3n) is 3.94. The molecule has 1 unspecified atom stereocenters. The van der Waals surface area contributed by atoms with E-state index in [1.54, 1.807) is 30.6 Å². The predicted molar refractivity (Wildman–Crippen MR) is 83.5 cm³/mol. The van der Waals surface area contributed by atoms with E-state index in [4.69, 9.17) is 4.74 Å². The molecule has 0 N–H and O–H groups in total. The Bertz CT molecular complexity index is 635. The third kappa shape index (κ3) is 3.63. The van der Waals surface area contributed by atoms with Crippen LogP contribution in [0.1, 0.15) is 25.6 Å². The van der Waals surface area contributed by atoms with Crippen LogP contribution in [0.5, 0.6) is 0 Å². The topological polar surface area (TPSA) is 111 Å². The molecular weight excluding hydrogens is 318 g/mol. The quantitative estimate of drug-likeness (QED) is 0.597. The highest BCUT2D eigenvalue weighted by Crippen LogP contribution is 2.18. The lowest BCUT2D eigenvalue weighted by Crippen LogP contribution is -2.52. The Balaban J connectivity index is 2.00. The molecule has 2 heterocycles. The Hall–Kier alpha value is -2.65. The van der Waals surface area contributed by atoms with Gasteiger partial charge >= 0.3 is 11.9 Å². The van der Waals surface area contributed by atoms with Crippen LogP contribution in [0.25, 0.3) is 0 Å². The number of aryl methyl sites for hydroxylation is 1. The van der Waals surface area contributed by atoms with Crippen LogP contribution in [-0.2, 0) is 9.53 Å². The van der Waals surface area contributed by atoms with Gasteiger partial charge in [0.1, 0.15) is 6.04 Å². The minimum Gasteiger partial charge on any atom is -0.450 e. The Morgan fingerprint density at radius 1 is 1.33 bits per heavy atom. The van der Waals surface area contributed by atoms with Crippen molar-refractivity contribution in [3.05, 3.63) is 21.9 Å². The molecule has 0 spiro atoms. The molecule has 0 radical (unpaired) electrons. The average molecular weight is 339 g/mol. The summed E-state index contributed by atoms with van der Waals surface area (Å²) in [6, 6.07) is 0.690. The minimum absolute atomic E-state index is 0.181. The number of aromatic nitrogens is 2. The summed E-state index contributed by atoms with van der Waals surface area (Å²) in [5.41, 5.74) is 0.549. The van der Waals surface area contributed by atoms with Crippen molar-refractivity contribution in [3.63, 3.8) is 0 Å². The zero-order chi connectivity index (χ0) is 17.9. The summed E-state index contributed by atoms with van der Waals surface area (Å²) >= 11 is 0. The van der Waals surface area contributed by atoms with Gasteiger partial charge in [-0.25, -0.2) is 4.79 Å². The van der Waals surface area contributed by atoms with E-state index in [2.05, 4.69) is 5.10 Å². The molecule has 0 aliphatic carbocycles. The Labute approximate surface area is 139 Å². The number of piperazine rings is 1. The Kier molecular flexibility index (Phi) is 5.37. The number of nitro groups is 1. The zero-order valence-electron chi connectivity index (χ0n) is 14.0. The molecule has 1 atom stereocenters. The van der Waals surface area contributed by atoms with E-state index in [1.165, 1.54) is 10.7 Å². The van der Waals surface area contributed by atoms with Crippen molar-refractivity contribution in [2.75, 3.05) is 32.8 Å². The molecule has 1 fully saturated rings. The van der Waals surface area contributed by atoms with Gasteiger partial charge in [0.2, 0.25) is 5.91 Å². The molecule has 1 aliphatic heterocycles. The van der Waals surface area contributed by atoms with Crippen LogP contribution in [0.2, 0.25) is 0 Å². The first kappa shape index (κ1) is 17.7. The highest BCUT2D eigenvalue weighted by molar-refractivity contribution is 5.80. The van der Waals surface area contributed by atoms with Crippen molar-refractivity contribution in [3.8, 4) is 0 Å². The number of carbonyl (C=O) groups excluding carboxylic acids is 2. The van der Waals surface area contributed by atoms with Crippen LogP contribution >= 0.6 is 0 Å². The van der Waals surface area contributed by atoms with Gasteiger partial charge < -0.3 is 24.7 Å². The molecule has 0 aromatic carbocycles. The molecule has 1 aliphatic rings. The highest BCUT2D eigenvalue weighted by atomic mass is 16.6. The maximum absolute atomic E-state index is 12.6. The molecule has 24 heavy (non-hydrogen) atoms. The first-order chi connectivity index (χ1) is 11.3. The van der Waals surface area contributed by atoms with Crippen LogP contribution in [0.4, 0.5) is 10.6 Å². The van der Waals surface area contributed by atoms with E-state index >= 15 is 0 Å². The van der Waals surface area contributed by atoms with E-state index in [0.717, 1.165) is 0 Å². The Morgan fingerprint density at radius 3 is 2.42 bits per heavy atom. The second-order valence-electron chi connectivity index (χ2n) is 5.53. The Morgan fingerprint density at radius 2 is 1.92 bits per heavy atom. The molecule has 1 aromatic rings. The van der Waals surface area contributed by atoms with Gasteiger partial charge in [-0.2, -0.15) is 4.68 Å². The first-order valence-corrected chi connectivity index (χ1v) is 7.76. The molecule has 10 nitrogen and oxygen atoms in total. The number of nitrogens with zero attached hydrogens (tertiary/aromatic N) is 5. The van der Waals surface area contributed by atoms with Crippen molar-refractivity contribution in [2.24, 2.45) is 0 Å². The standard InChI is InChI=1S/C14H21N5O5/c1-4-24-14(21)17-7-5-16(6-8-17)13(20)11(3)18-10(2)9-12(15-18)19(22)23/h9,11H,4-8H2,1-3H3. The minimum atomic E-state index is -0.646. The second kappa shape index (κ2) is 7.28. The van der Waals surface area contributed by atoms with Crippen LogP contribution in [0.3, 0.4) is 0 Å². The number of rotatable bonds is 4. The van der Waals surface area contributed by atoms with Gasteiger partial charge in [0.25, 0.3) is 0 Å². The fourth-order valence-electron chi connectivity index (χ4n) is 2.65. The third-order valence-corrected chi connectivity index (χ3v) is 3.94. The van der Waals surface area contributed by atoms with E-state index in [1.807, 2.05) is 0 Å². The molecule has 132 valence electrons. The fourth-order valence-corrected chi connectivity index (χ4v) is 2.65. The molecule has 10 heteroatoms. The van der Waals surface area contributed by atoms with Crippen molar-refractivity contribution < 1.29 is 19.2 Å². The highest BCUT2D eigenvalue weighted by Gasteiger charge is 2.31. The molecule has 2 amide bonds. The van der Waals surface area contributed by atoms with E-state index in [0.29, 0.717) is 38.5 Å². The molecular formula is C14H21N5O5. The SMILES string of the molecule is CCOC(=O)N1CCN(C(=O)C(C)n2nc([N+](=O)[O-])cc2C)CC1. The van der Waals surface area contributed by atoms with Crippen LogP contribution < -0.4 is 0 Å². The van der Waals surface area contributed by atoms with Gasteiger partial charge in [0.15, 0.2) is 0 Å². The zero-order valence-corrected chi connectivity index (χ0v) is 14.0. The van der Waals surface area contributed by atoms with E-state index in [9.17, 15) is 19.7 Å². The number of hydrogen-bond acceptors (Lipinski definition) is 6. The van der Waals surface area contributed by atoms with Gasteiger partial charge in [-0.1, -0.05) is 0 Å². The monoisotopic (exact) mass is 339 g/mol. The van der Waals surface area contributed by atoms with Crippen LogP contribution in [-0.4, -0.2) is 69.3 Å². The summed E-state index contributed by atoms with van der Waals surface area (Å²) in [6.45, 7) is 6.96. The van der Waals surface area contributed by atoms with Crippen molar-refractivity contribution in [1.82, 2.24) is 19.6 Å². The molecule has 1 saturated heterocycles. The summed E-state index contributed by atoms with van der Waals surface area (Å²) in [6.07, 6.45) is -0.379. The van der Waals surface area contributed by atoms with Gasteiger partial charge in [-0.05, 0) is 25.7 Å². The lowest BCUT2D eigenvalue weighted by Gasteiger charge is -2.35. The van der Waals surface area contributed by atoms with Crippen LogP contribution in [0.15, 0.2) is 6.07 Å². The van der Waals surface area contributed by atoms with Crippen molar-refractivity contribution in [1.29, 1.82) is 0 Å². The second-order valence-corrected chi connectivity index (χ2v) is 5.53. The predicted octanol–water partition coefficient (Wildman–Crippen LogP) is 0.961. The van der Waals surface area contributed by atoms with Gasteiger partial charge in [0, 0.05) is 26.2 Å². The maximum Gasteiger partial charge on any atom is 0.409 e. The summed E-state index contributed by atoms with van der Waals surface area (Å²) < 4.78 is 6.30. The maximum atomic E-state index is 12.6. The van der Waals surface area contributed by atoms with Gasteiger partial charge in [-0.15, -0.1) is 0 Å². The first-order valence-electron chi connectivity index (χ1n) is 7.76. The van der Waals surface area contributed by atoms with Crippen molar-refractivity contribution >= 4 is 17.8 Å². The molecule has 0 bridgehead atoms. The summed E-state index contributed by atoms with van der Waals surface area (Å²) in [7, 11) is 0. The number of amides is 2. The lowest BCUT2D eigenvalue weighted by molar-refractivity contribution is -0.389. The molecule has 0 saturated carbocycles. The smallest absolute Gasteiger partial charge is 0.409 e. The van der Waals surface area contributed by atoms with Gasteiger partial charge in [-0.3, -0.25) is 4.79 Å². The molecule has 2 rings (SSSR count). The van der Waals surface area contributed by atoms with Crippen LogP contribution in [0, 0.1) is 17.0 Å². The van der Waals surface area contributed by atoms with Crippen molar-refractivity contribution in [2.45, 2.75) is 26.8 Å². The largest absolute Gasteiger partial charge is 0.450 e. The summed E-state index contributed by atoms with van der Waals surface area (Å²) in [4.78, 5) is 37.7. The lowest BCUT2D eigenvalue weighted by atomic mass is 10.2. The molecule has 1 aromatic heterocycles. The fraction of sp³-hybridized carbons (Fsp3) is 0.643. The summed E-state index contributed by atoms with van der Waals surface area (Å²) in [5.74, 6) is -0.459. The number of hydrogen-bond donors (Lipinski definition) is 0. The normalized spacial score (nSPS) is 16.0. The van der Waals surface area contributed by atoms with Gasteiger partial charge in [0.05, 0.1) is 23.5 Å². The number of ether oxygens (including phenoxy) is 1. The average Bonchev–Trinajstić information content (AvgIpc) is 2.96. The number of carbonyl (C=O) groups is 2.